The Labute approximate surface area is 126 Å². The SMILES string of the molecule is COc1ccc(C(=O)N2CCCN(CCCN)CC2)cc1. The van der Waals surface area contributed by atoms with Crippen LogP contribution in [0.5, 0.6) is 5.75 Å². The Balaban J connectivity index is 1.92. The Hall–Kier alpha value is -1.59. The number of nitrogens with two attached hydrogens (primary N) is 1. The Bertz CT molecular complexity index is 447. The predicted molar refractivity (Wildman–Crippen MR) is 83.6 cm³/mol. The van der Waals surface area contributed by atoms with Crippen molar-refractivity contribution in [2.45, 2.75) is 12.8 Å². The van der Waals surface area contributed by atoms with Crippen molar-refractivity contribution in [3.8, 4) is 5.75 Å². The highest BCUT2D eigenvalue weighted by atomic mass is 16.5. The molecule has 1 amide bonds. The summed E-state index contributed by atoms with van der Waals surface area (Å²) in [4.78, 5) is 16.9. The van der Waals surface area contributed by atoms with Crippen molar-refractivity contribution in [2.24, 2.45) is 5.73 Å². The van der Waals surface area contributed by atoms with Gasteiger partial charge in [-0.2, -0.15) is 0 Å². The van der Waals surface area contributed by atoms with Crippen LogP contribution >= 0.6 is 0 Å². The maximum absolute atomic E-state index is 12.5. The van der Waals surface area contributed by atoms with E-state index in [0.717, 1.165) is 63.4 Å². The molecule has 2 rings (SSSR count). The molecule has 0 aromatic heterocycles. The number of hydrogen-bond donors (Lipinski definition) is 1. The van der Waals surface area contributed by atoms with E-state index >= 15 is 0 Å². The lowest BCUT2D eigenvalue weighted by Crippen LogP contribution is -2.35. The Kier molecular flexibility index (Phi) is 6.02. The molecule has 116 valence electrons. The van der Waals surface area contributed by atoms with Crippen LogP contribution < -0.4 is 10.5 Å². The number of ether oxygens (including phenoxy) is 1. The van der Waals surface area contributed by atoms with Gasteiger partial charge in [0.1, 0.15) is 5.75 Å². The monoisotopic (exact) mass is 291 g/mol. The van der Waals surface area contributed by atoms with Crippen LogP contribution in [0.1, 0.15) is 23.2 Å². The van der Waals surface area contributed by atoms with Crippen LogP contribution in [0.15, 0.2) is 24.3 Å². The van der Waals surface area contributed by atoms with E-state index in [-0.39, 0.29) is 5.91 Å². The van der Waals surface area contributed by atoms with E-state index < -0.39 is 0 Å². The summed E-state index contributed by atoms with van der Waals surface area (Å²) in [5.41, 5.74) is 6.29. The molecule has 0 bridgehead atoms. The average molecular weight is 291 g/mol. The molecule has 1 fully saturated rings. The van der Waals surface area contributed by atoms with E-state index in [1.54, 1.807) is 7.11 Å². The van der Waals surface area contributed by atoms with Crippen LogP contribution in [-0.2, 0) is 0 Å². The second kappa shape index (κ2) is 8.00. The second-order valence-corrected chi connectivity index (χ2v) is 5.36. The summed E-state index contributed by atoms with van der Waals surface area (Å²) in [7, 11) is 1.63. The first kappa shape index (κ1) is 15.8. The van der Waals surface area contributed by atoms with Crippen molar-refractivity contribution in [3.63, 3.8) is 0 Å². The van der Waals surface area contributed by atoms with Gasteiger partial charge < -0.3 is 20.3 Å². The van der Waals surface area contributed by atoms with Gasteiger partial charge >= 0.3 is 0 Å². The van der Waals surface area contributed by atoms with E-state index in [9.17, 15) is 4.79 Å². The highest BCUT2D eigenvalue weighted by Gasteiger charge is 2.19. The number of carbonyl (C=O) groups is 1. The standard InChI is InChI=1S/C16H25N3O2/c1-21-15-6-4-14(5-7-15)16(20)19-11-3-10-18(12-13-19)9-2-8-17/h4-7H,2-3,8-13,17H2,1H3. The summed E-state index contributed by atoms with van der Waals surface area (Å²) >= 11 is 0. The van der Waals surface area contributed by atoms with Crippen molar-refractivity contribution in [1.29, 1.82) is 0 Å². The number of nitrogens with zero attached hydrogens (tertiary/aromatic N) is 2. The number of carbonyl (C=O) groups excluding carboxylic acids is 1. The molecular weight excluding hydrogens is 266 g/mol. The molecular formula is C16H25N3O2. The van der Waals surface area contributed by atoms with Gasteiger partial charge in [-0.15, -0.1) is 0 Å². The van der Waals surface area contributed by atoms with E-state index in [4.69, 9.17) is 10.5 Å². The van der Waals surface area contributed by atoms with Crippen molar-refractivity contribution >= 4 is 5.91 Å². The quantitative estimate of drug-likeness (QED) is 0.885. The molecule has 0 atom stereocenters. The first-order chi connectivity index (χ1) is 10.2. The van der Waals surface area contributed by atoms with Gasteiger partial charge in [0.05, 0.1) is 7.11 Å². The van der Waals surface area contributed by atoms with Crippen LogP contribution in [0.3, 0.4) is 0 Å². The lowest BCUT2D eigenvalue weighted by molar-refractivity contribution is 0.0761. The van der Waals surface area contributed by atoms with Crippen LogP contribution in [-0.4, -0.2) is 62.1 Å². The molecule has 1 aliphatic rings. The van der Waals surface area contributed by atoms with Gasteiger partial charge in [0.15, 0.2) is 0 Å². The number of rotatable bonds is 5. The van der Waals surface area contributed by atoms with Crippen molar-refractivity contribution < 1.29 is 9.53 Å². The van der Waals surface area contributed by atoms with Crippen molar-refractivity contribution in [2.75, 3.05) is 46.4 Å². The minimum Gasteiger partial charge on any atom is -0.497 e. The van der Waals surface area contributed by atoms with Gasteiger partial charge in [-0.25, -0.2) is 0 Å². The molecule has 1 aliphatic heterocycles. The summed E-state index contributed by atoms with van der Waals surface area (Å²) in [5, 5.41) is 0. The molecule has 0 aliphatic carbocycles. The van der Waals surface area contributed by atoms with Crippen LogP contribution in [0.2, 0.25) is 0 Å². The lowest BCUT2D eigenvalue weighted by Gasteiger charge is -2.22. The summed E-state index contributed by atoms with van der Waals surface area (Å²) in [5.74, 6) is 0.883. The number of benzene rings is 1. The van der Waals surface area contributed by atoms with Crippen LogP contribution in [0.4, 0.5) is 0 Å². The molecule has 1 aromatic rings. The van der Waals surface area contributed by atoms with E-state index in [2.05, 4.69) is 4.90 Å². The molecule has 1 saturated heterocycles. The maximum atomic E-state index is 12.5. The normalized spacial score (nSPS) is 16.6. The molecule has 5 nitrogen and oxygen atoms in total. The summed E-state index contributed by atoms with van der Waals surface area (Å²) in [6.45, 7) is 5.35. The third-order valence-electron chi connectivity index (χ3n) is 3.89. The molecule has 0 radical (unpaired) electrons. The van der Waals surface area contributed by atoms with Gasteiger partial charge in [-0.1, -0.05) is 0 Å². The van der Waals surface area contributed by atoms with Gasteiger partial charge in [-0.05, 0) is 56.7 Å². The van der Waals surface area contributed by atoms with Crippen LogP contribution in [0.25, 0.3) is 0 Å². The average Bonchev–Trinajstić information content (AvgIpc) is 2.78. The van der Waals surface area contributed by atoms with E-state index in [0.29, 0.717) is 0 Å². The highest BCUT2D eigenvalue weighted by Crippen LogP contribution is 2.14. The molecule has 1 heterocycles. The van der Waals surface area contributed by atoms with E-state index in [1.807, 2.05) is 29.2 Å². The summed E-state index contributed by atoms with van der Waals surface area (Å²) in [6.07, 6.45) is 2.04. The fourth-order valence-electron chi connectivity index (χ4n) is 2.63. The number of methoxy groups -OCH3 is 1. The van der Waals surface area contributed by atoms with Gasteiger partial charge in [0.25, 0.3) is 5.91 Å². The van der Waals surface area contributed by atoms with Gasteiger partial charge in [-0.3, -0.25) is 4.79 Å². The topological polar surface area (TPSA) is 58.8 Å². The zero-order chi connectivity index (χ0) is 15.1. The molecule has 5 heteroatoms. The zero-order valence-electron chi connectivity index (χ0n) is 12.8. The molecule has 0 spiro atoms. The van der Waals surface area contributed by atoms with Gasteiger partial charge in [0.2, 0.25) is 0 Å². The lowest BCUT2D eigenvalue weighted by atomic mass is 10.2. The first-order valence-electron chi connectivity index (χ1n) is 7.60. The highest BCUT2D eigenvalue weighted by molar-refractivity contribution is 5.94. The van der Waals surface area contributed by atoms with Crippen molar-refractivity contribution in [3.05, 3.63) is 29.8 Å². The molecule has 0 saturated carbocycles. The van der Waals surface area contributed by atoms with Gasteiger partial charge in [0, 0.05) is 25.2 Å². The molecule has 2 N–H and O–H groups in total. The summed E-state index contributed by atoms with van der Waals surface area (Å²) < 4.78 is 5.12. The first-order valence-corrected chi connectivity index (χ1v) is 7.60. The third kappa shape index (κ3) is 4.44. The molecule has 0 unspecified atom stereocenters. The minimum atomic E-state index is 0.110. The zero-order valence-corrected chi connectivity index (χ0v) is 12.8. The number of hydrogen-bond acceptors (Lipinski definition) is 4. The Morgan fingerprint density at radius 1 is 1.19 bits per heavy atom. The third-order valence-corrected chi connectivity index (χ3v) is 3.89. The smallest absolute Gasteiger partial charge is 0.253 e. The summed E-state index contributed by atoms with van der Waals surface area (Å²) in [6, 6.07) is 7.33. The minimum absolute atomic E-state index is 0.110. The molecule has 1 aromatic carbocycles. The van der Waals surface area contributed by atoms with Crippen molar-refractivity contribution in [1.82, 2.24) is 9.80 Å². The fraction of sp³-hybridized carbons (Fsp3) is 0.562. The second-order valence-electron chi connectivity index (χ2n) is 5.36. The predicted octanol–water partition coefficient (Wildman–Crippen LogP) is 1.19. The van der Waals surface area contributed by atoms with E-state index in [1.165, 1.54) is 0 Å². The maximum Gasteiger partial charge on any atom is 0.253 e. The Morgan fingerprint density at radius 3 is 2.62 bits per heavy atom. The fourth-order valence-corrected chi connectivity index (χ4v) is 2.63. The number of amides is 1. The Morgan fingerprint density at radius 2 is 1.95 bits per heavy atom. The van der Waals surface area contributed by atoms with Crippen LogP contribution in [0, 0.1) is 0 Å². The molecule has 21 heavy (non-hydrogen) atoms. The largest absolute Gasteiger partial charge is 0.497 e.